The summed E-state index contributed by atoms with van der Waals surface area (Å²) in [4.78, 5) is 10.1. The maximum Gasteiger partial charge on any atom is 0.253 e. The van der Waals surface area contributed by atoms with Gasteiger partial charge in [-0.1, -0.05) is 35.3 Å². The zero-order valence-corrected chi connectivity index (χ0v) is 12.8. The molecule has 0 saturated heterocycles. The lowest BCUT2D eigenvalue weighted by Crippen LogP contribution is -2.39. The van der Waals surface area contributed by atoms with E-state index in [2.05, 4.69) is 5.32 Å². The molecule has 0 aromatic heterocycles. The van der Waals surface area contributed by atoms with Crippen molar-refractivity contribution >= 4 is 38.9 Å². The highest BCUT2D eigenvalue weighted by atomic mass is 35.5. The molecular weight excluding hydrogens is 328 g/mol. The highest BCUT2D eigenvalue weighted by Crippen LogP contribution is 2.13. The number of hydrogen-bond acceptors (Lipinski definition) is 3. The first-order valence-electron chi connectivity index (χ1n) is 5.53. The Morgan fingerprint density at radius 2 is 1.90 bits per heavy atom. The average Bonchev–Trinajstić information content (AvgIpc) is 2.37. The number of hydrogen-bond donors (Lipinski definition) is 1. The van der Waals surface area contributed by atoms with Crippen molar-refractivity contribution in [2.24, 2.45) is 0 Å². The molecule has 111 valence electrons. The van der Waals surface area contributed by atoms with Crippen LogP contribution in [-0.4, -0.2) is 38.1 Å². The second-order valence-corrected chi connectivity index (χ2v) is 7.19. The van der Waals surface area contributed by atoms with Gasteiger partial charge in [-0.3, -0.25) is 4.79 Å². The molecular formula is C12H13Cl2FNO3S. The molecule has 0 fully saturated rings. The fourth-order valence-corrected chi connectivity index (χ4v) is 2.19. The van der Waals surface area contributed by atoms with Crippen molar-refractivity contribution in [2.75, 3.05) is 12.9 Å². The first-order chi connectivity index (χ1) is 9.24. The van der Waals surface area contributed by atoms with Crippen molar-refractivity contribution in [1.82, 2.24) is 5.32 Å². The third-order valence-electron chi connectivity index (χ3n) is 2.39. The normalized spacial score (nSPS) is 13.2. The number of rotatable bonds is 6. The van der Waals surface area contributed by atoms with Crippen molar-refractivity contribution in [1.29, 1.82) is 0 Å². The molecule has 1 aromatic rings. The Balaban J connectivity index is 2.74. The fourth-order valence-electron chi connectivity index (χ4n) is 1.43. The number of carbonyl (C=O) groups is 1. The number of halogens is 3. The van der Waals surface area contributed by atoms with E-state index in [9.17, 15) is 17.6 Å². The fraction of sp³-hybridized carbons (Fsp3) is 0.333. The average molecular weight is 341 g/mol. The summed E-state index contributed by atoms with van der Waals surface area (Å²) in [5, 5.41) is 2.31. The predicted octanol–water partition coefficient (Wildman–Crippen LogP) is 1.90. The molecule has 1 radical (unpaired) electrons. The summed E-state index contributed by atoms with van der Waals surface area (Å²) in [5.74, 6) is -0.694. The molecule has 0 unspecified atom stereocenters. The molecule has 0 spiro atoms. The van der Waals surface area contributed by atoms with E-state index in [-0.39, 0.29) is 4.90 Å². The van der Waals surface area contributed by atoms with Crippen molar-refractivity contribution in [2.45, 2.75) is 15.8 Å². The van der Waals surface area contributed by atoms with Crippen molar-refractivity contribution in [3.63, 3.8) is 0 Å². The number of nitrogens with one attached hydrogen (secondary N) is 1. The topological polar surface area (TPSA) is 63.2 Å². The van der Waals surface area contributed by atoms with Gasteiger partial charge in [0, 0.05) is 12.7 Å². The van der Waals surface area contributed by atoms with Gasteiger partial charge in [0.1, 0.15) is 6.67 Å². The highest BCUT2D eigenvalue weighted by Gasteiger charge is 2.18. The second-order valence-electron chi connectivity index (χ2n) is 4.08. The molecule has 20 heavy (non-hydrogen) atoms. The predicted molar refractivity (Wildman–Crippen MR) is 76.4 cm³/mol. The van der Waals surface area contributed by atoms with Crippen LogP contribution in [0, 0.1) is 6.42 Å². The summed E-state index contributed by atoms with van der Waals surface area (Å²) in [6.45, 7) is -0.833. The quantitative estimate of drug-likeness (QED) is 0.804. The third-order valence-corrected chi connectivity index (χ3v) is 3.92. The first kappa shape index (κ1) is 17.2. The Kier molecular flexibility index (Phi) is 6.23. The Labute approximate surface area is 127 Å². The summed E-state index contributed by atoms with van der Waals surface area (Å²) >= 11 is 10.7. The monoisotopic (exact) mass is 340 g/mol. The lowest BCUT2D eigenvalue weighted by atomic mass is 10.1. The summed E-state index contributed by atoms with van der Waals surface area (Å²) < 4.78 is 35.4. The van der Waals surface area contributed by atoms with Gasteiger partial charge in [-0.25, -0.2) is 12.8 Å². The zero-order chi connectivity index (χ0) is 15.3. The van der Waals surface area contributed by atoms with Crippen LogP contribution in [0.15, 0.2) is 29.2 Å². The molecule has 1 atom stereocenters. The number of amides is 1. The van der Waals surface area contributed by atoms with Crippen LogP contribution >= 0.6 is 23.2 Å². The van der Waals surface area contributed by atoms with Crippen LogP contribution < -0.4 is 5.32 Å². The van der Waals surface area contributed by atoms with Crippen molar-refractivity contribution < 1.29 is 17.6 Å². The van der Waals surface area contributed by atoms with Gasteiger partial charge in [-0.2, -0.15) is 0 Å². The van der Waals surface area contributed by atoms with E-state index in [0.717, 1.165) is 6.26 Å². The van der Waals surface area contributed by atoms with Crippen molar-refractivity contribution in [3.05, 3.63) is 36.2 Å². The molecule has 0 aliphatic heterocycles. The number of sulfone groups is 1. The van der Waals surface area contributed by atoms with Gasteiger partial charge in [0.25, 0.3) is 5.91 Å². The van der Waals surface area contributed by atoms with Gasteiger partial charge in [0.2, 0.25) is 0 Å². The third kappa shape index (κ3) is 5.26. The largest absolute Gasteiger partial charge is 0.348 e. The standard InChI is InChI=1S/C12H13Cl2FNO3S/c1-20(18,19)10-4-2-8(3-5-10)6-9(7-15)16-12(17)11(13)14/h2-6,9,11H,7H2,1H3,(H,16,17)/t9-/m0/s1. The van der Waals surface area contributed by atoms with E-state index >= 15 is 0 Å². The van der Waals surface area contributed by atoms with Gasteiger partial charge in [0.15, 0.2) is 14.7 Å². The minimum Gasteiger partial charge on any atom is -0.348 e. The highest BCUT2D eigenvalue weighted by molar-refractivity contribution is 7.90. The number of carbonyl (C=O) groups excluding carboxylic acids is 1. The van der Waals surface area contributed by atoms with Crippen LogP contribution in [0.2, 0.25) is 0 Å². The van der Waals surface area contributed by atoms with Crippen molar-refractivity contribution in [3.8, 4) is 0 Å². The van der Waals surface area contributed by atoms with Crippen LogP contribution in [0.25, 0.3) is 0 Å². The molecule has 0 aliphatic carbocycles. The van der Waals surface area contributed by atoms with Crippen LogP contribution in [0.1, 0.15) is 5.56 Å². The van der Waals surface area contributed by atoms with Gasteiger partial charge < -0.3 is 5.32 Å². The smallest absolute Gasteiger partial charge is 0.253 e. The summed E-state index contributed by atoms with van der Waals surface area (Å²) in [6.07, 6.45) is 2.54. The Morgan fingerprint density at radius 1 is 1.35 bits per heavy atom. The first-order valence-corrected chi connectivity index (χ1v) is 8.30. The summed E-state index contributed by atoms with van der Waals surface area (Å²) in [6, 6.07) is 4.97. The molecule has 0 heterocycles. The molecule has 1 amide bonds. The minimum atomic E-state index is -3.28. The molecule has 1 aromatic carbocycles. The molecule has 0 bridgehead atoms. The van der Waals surface area contributed by atoms with Crippen LogP contribution in [-0.2, 0) is 14.6 Å². The van der Waals surface area contributed by atoms with E-state index in [1.807, 2.05) is 0 Å². The number of benzene rings is 1. The number of alkyl halides is 3. The van der Waals surface area contributed by atoms with E-state index in [0.29, 0.717) is 5.56 Å². The lowest BCUT2D eigenvalue weighted by molar-refractivity contribution is -0.120. The maximum absolute atomic E-state index is 12.8. The SMILES string of the molecule is CS(=O)(=O)c1ccc([CH][C@@H](CF)NC(=O)C(Cl)Cl)cc1. The van der Waals surface area contributed by atoms with E-state index < -0.39 is 33.3 Å². The molecule has 4 nitrogen and oxygen atoms in total. The van der Waals surface area contributed by atoms with E-state index in [4.69, 9.17) is 23.2 Å². The summed E-state index contributed by atoms with van der Waals surface area (Å²) in [7, 11) is -3.28. The van der Waals surface area contributed by atoms with Crippen LogP contribution in [0.3, 0.4) is 0 Å². The van der Waals surface area contributed by atoms with Gasteiger partial charge in [-0.05, 0) is 17.7 Å². The van der Waals surface area contributed by atoms with Crippen LogP contribution in [0.4, 0.5) is 4.39 Å². The lowest BCUT2D eigenvalue weighted by Gasteiger charge is -2.15. The molecule has 8 heteroatoms. The van der Waals surface area contributed by atoms with Gasteiger partial charge >= 0.3 is 0 Å². The molecule has 1 N–H and O–H groups in total. The second kappa shape index (κ2) is 7.24. The minimum absolute atomic E-state index is 0.164. The van der Waals surface area contributed by atoms with Gasteiger partial charge in [-0.15, -0.1) is 0 Å². The van der Waals surface area contributed by atoms with E-state index in [1.165, 1.54) is 30.7 Å². The van der Waals surface area contributed by atoms with E-state index in [1.54, 1.807) is 0 Å². The zero-order valence-electron chi connectivity index (χ0n) is 10.5. The Bertz CT molecular complexity index is 561. The van der Waals surface area contributed by atoms with Gasteiger partial charge in [0.05, 0.1) is 10.9 Å². The van der Waals surface area contributed by atoms with Crippen LogP contribution in [0.5, 0.6) is 0 Å². The Morgan fingerprint density at radius 3 is 2.30 bits per heavy atom. The Hall–Kier alpha value is -0.850. The molecule has 0 aliphatic rings. The maximum atomic E-state index is 12.8. The summed E-state index contributed by atoms with van der Waals surface area (Å²) in [5.41, 5.74) is 0.570. The molecule has 0 saturated carbocycles. The molecule has 1 rings (SSSR count).